The summed E-state index contributed by atoms with van der Waals surface area (Å²) in [5.41, 5.74) is 6.37. The van der Waals surface area contributed by atoms with E-state index in [9.17, 15) is 9.59 Å². The zero-order chi connectivity index (χ0) is 28.9. The maximum atomic E-state index is 13.7. The number of amidine groups is 1. The first-order valence-corrected chi connectivity index (χ1v) is 13.4. The van der Waals surface area contributed by atoms with Gasteiger partial charge in [-0.25, -0.2) is 4.99 Å². The monoisotopic (exact) mass is 540 g/mol. The van der Waals surface area contributed by atoms with Gasteiger partial charge in [-0.3, -0.25) is 14.5 Å². The first-order valence-electron chi connectivity index (χ1n) is 13.4. The van der Waals surface area contributed by atoms with Gasteiger partial charge in [-0.15, -0.1) is 0 Å². The van der Waals surface area contributed by atoms with Crippen molar-refractivity contribution in [3.8, 4) is 0 Å². The molecule has 0 radical (unpaired) electrons. The molecule has 0 aliphatic carbocycles. The Kier molecular flexibility index (Phi) is 7.92. The van der Waals surface area contributed by atoms with Crippen LogP contribution in [-0.4, -0.2) is 45.7 Å². The predicted octanol–water partition coefficient (Wildman–Crippen LogP) is 6.55. The lowest BCUT2D eigenvalue weighted by atomic mass is 10.1. The molecule has 0 saturated heterocycles. The molecule has 0 unspecified atom stereocenters. The van der Waals surface area contributed by atoms with Gasteiger partial charge in [0.15, 0.2) is 5.78 Å². The number of benzene rings is 4. The third kappa shape index (κ3) is 6.17. The van der Waals surface area contributed by atoms with Crippen molar-refractivity contribution in [3.05, 3.63) is 137 Å². The first kappa shape index (κ1) is 27.3. The van der Waals surface area contributed by atoms with E-state index in [0.717, 1.165) is 28.1 Å². The number of aliphatic imine (C=N–C) groups is 1. The van der Waals surface area contributed by atoms with E-state index in [-0.39, 0.29) is 11.7 Å². The highest BCUT2D eigenvalue weighted by molar-refractivity contribution is 6.33. The van der Waals surface area contributed by atoms with E-state index in [1.165, 1.54) is 0 Å². The number of hydrogen-bond donors (Lipinski definition) is 0. The second-order valence-electron chi connectivity index (χ2n) is 10.2. The zero-order valence-electron chi connectivity index (χ0n) is 23.7. The van der Waals surface area contributed by atoms with Crippen LogP contribution >= 0.6 is 0 Å². The second-order valence-corrected chi connectivity index (χ2v) is 10.2. The minimum absolute atomic E-state index is 0.111. The number of carbonyl (C=O) groups excluding carboxylic acids is 2. The van der Waals surface area contributed by atoms with Crippen LogP contribution in [0.3, 0.4) is 0 Å². The molecule has 0 bridgehead atoms. The van der Waals surface area contributed by atoms with Crippen LogP contribution in [0, 0.1) is 0 Å². The minimum atomic E-state index is -0.222. The lowest BCUT2D eigenvalue weighted by Gasteiger charge is -2.18. The highest BCUT2D eigenvalue weighted by atomic mass is 16.2. The van der Waals surface area contributed by atoms with Crippen molar-refractivity contribution in [2.75, 3.05) is 42.9 Å². The third-order valence-corrected chi connectivity index (χ3v) is 6.85. The molecule has 6 heteroatoms. The van der Waals surface area contributed by atoms with E-state index >= 15 is 0 Å². The molecule has 41 heavy (non-hydrogen) atoms. The molecule has 1 aliphatic heterocycles. The Labute approximate surface area is 241 Å². The SMILES string of the molecule is CN(C)c1ccc(C=CC(=O)c2ccc(N3C(=O)C(=Cc4ccc(N(C)C)cc4)N=C3c3ccccc3)cc2)cc1. The molecular weight excluding hydrogens is 508 g/mol. The van der Waals surface area contributed by atoms with Crippen molar-refractivity contribution in [3.63, 3.8) is 0 Å². The van der Waals surface area contributed by atoms with Gasteiger partial charge in [0, 0.05) is 50.7 Å². The van der Waals surface area contributed by atoms with Crippen LogP contribution in [0.1, 0.15) is 27.0 Å². The van der Waals surface area contributed by atoms with E-state index in [2.05, 4.69) is 0 Å². The highest BCUT2D eigenvalue weighted by Gasteiger charge is 2.32. The summed E-state index contributed by atoms with van der Waals surface area (Å²) in [5, 5.41) is 0. The number of hydrogen-bond acceptors (Lipinski definition) is 5. The minimum Gasteiger partial charge on any atom is -0.378 e. The number of rotatable bonds is 8. The van der Waals surface area contributed by atoms with E-state index < -0.39 is 0 Å². The van der Waals surface area contributed by atoms with Crippen molar-refractivity contribution >= 4 is 46.7 Å². The van der Waals surface area contributed by atoms with Gasteiger partial charge in [0.1, 0.15) is 11.5 Å². The normalized spacial score (nSPS) is 14.0. The van der Waals surface area contributed by atoms with Crippen LogP contribution in [-0.2, 0) is 4.79 Å². The van der Waals surface area contributed by atoms with Crippen molar-refractivity contribution in [1.82, 2.24) is 0 Å². The highest BCUT2D eigenvalue weighted by Crippen LogP contribution is 2.29. The maximum Gasteiger partial charge on any atom is 0.282 e. The Balaban J connectivity index is 1.39. The number of anilines is 3. The molecule has 0 saturated carbocycles. The maximum absolute atomic E-state index is 13.7. The quantitative estimate of drug-likeness (QED) is 0.188. The molecule has 0 spiro atoms. The summed E-state index contributed by atoms with van der Waals surface area (Å²) >= 11 is 0. The van der Waals surface area contributed by atoms with Crippen LogP contribution in [0.2, 0.25) is 0 Å². The van der Waals surface area contributed by atoms with Crippen molar-refractivity contribution in [1.29, 1.82) is 0 Å². The zero-order valence-corrected chi connectivity index (χ0v) is 23.7. The number of amides is 1. The summed E-state index contributed by atoms with van der Waals surface area (Å²) in [6.45, 7) is 0. The van der Waals surface area contributed by atoms with Crippen LogP contribution < -0.4 is 14.7 Å². The Morgan fingerprint density at radius 1 is 0.707 bits per heavy atom. The number of ketones is 1. The topological polar surface area (TPSA) is 56.2 Å². The molecule has 1 heterocycles. The number of nitrogens with zero attached hydrogens (tertiary/aromatic N) is 4. The summed E-state index contributed by atoms with van der Waals surface area (Å²) < 4.78 is 0. The van der Waals surface area contributed by atoms with Crippen LogP contribution in [0.5, 0.6) is 0 Å². The largest absolute Gasteiger partial charge is 0.378 e. The first-order chi connectivity index (χ1) is 19.8. The number of carbonyl (C=O) groups is 2. The molecule has 6 nitrogen and oxygen atoms in total. The van der Waals surface area contributed by atoms with Gasteiger partial charge in [-0.2, -0.15) is 0 Å². The fraction of sp³-hybridized carbons (Fsp3) is 0.114. The van der Waals surface area contributed by atoms with Gasteiger partial charge < -0.3 is 9.80 Å². The molecule has 1 amide bonds. The average molecular weight is 541 g/mol. The summed E-state index contributed by atoms with van der Waals surface area (Å²) in [5.74, 6) is 0.215. The standard InChI is InChI=1S/C35H32N4O2/c1-37(2)29-17-10-25(11-18-29)14-23-33(40)27-15-21-31(22-16-27)39-34(28-8-6-5-7-9-28)36-32(35(39)41)24-26-12-19-30(20-13-26)38(3)4/h5-24H,1-4H3. The fourth-order valence-electron chi connectivity index (χ4n) is 4.49. The third-order valence-electron chi connectivity index (χ3n) is 6.85. The lowest BCUT2D eigenvalue weighted by Crippen LogP contribution is -2.32. The summed E-state index contributed by atoms with van der Waals surface area (Å²) in [4.78, 5) is 37.0. The van der Waals surface area contributed by atoms with Gasteiger partial charge in [-0.05, 0) is 71.8 Å². The smallest absolute Gasteiger partial charge is 0.282 e. The molecule has 1 aliphatic rings. The Morgan fingerprint density at radius 3 is 1.83 bits per heavy atom. The lowest BCUT2D eigenvalue weighted by molar-refractivity contribution is -0.113. The van der Waals surface area contributed by atoms with E-state index in [1.807, 2.05) is 123 Å². The van der Waals surface area contributed by atoms with Gasteiger partial charge in [0.05, 0.1) is 5.69 Å². The molecule has 204 valence electrons. The van der Waals surface area contributed by atoms with Crippen molar-refractivity contribution in [2.24, 2.45) is 4.99 Å². The average Bonchev–Trinajstić information content (AvgIpc) is 3.32. The summed E-state index contributed by atoms with van der Waals surface area (Å²) in [6, 6.07) is 32.7. The molecule has 4 aromatic carbocycles. The summed E-state index contributed by atoms with van der Waals surface area (Å²) in [7, 11) is 7.95. The number of allylic oxidation sites excluding steroid dienone is 1. The van der Waals surface area contributed by atoms with Crippen molar-refractivity contribution in [2.45, 2.75) is 0 Å². The fourth-order valence-corrected chi connectivity index (χ4v) is 4.49. The van der Waals surface area contributed by atoms with Gasteiger partial charge >= 0.3 is 0 Å². The Bertz CT molecular complexity index is 1630. The second kappa shape index (κ2) is 11.9. The van der Waals surface area contributed by atoms with Crippen LogP contribution in [0.15, 0.2) is 120 Å². The van der Waals surface area contributed by atoms with Gasteiger partial charge in [0.25, 0.3) is 5.91 Å². The molecule has 0 aromatic heterocycles. The van der Waals surface area contributed by atoms with E-state index in [0.29, 0.717) is 22.8 Å². The molecule has 5 rings (SSSR count). The Morgan fingerprint density at radius 2 is 1.27 bits per heavy atom. The molecule has 0 N–H and O–H groups in total. The van der Waals surface area contributed by atoms with Gasteiger partial charge in [0.2, 0.25) is 0 Å². The van der Waals surface area contributed by atoms with Gasteiger partial charge in [-0.1, -0.05) is 60.7 Å². The van der Waals surface area contributed by atoms with Crippen LogP contribution in [0.25, 0.3) is 12.2 Å². The molecule has 0 atom stereocenters. The molecule has 4 aromatic rings. The summed E-state index contributed by atoms with van der Waals surface area (Å²) in [6.07, 6.45) is 5.18. The molecule has 0 fully saturated rings. The molecular formula is C35H32N4O2. The Hall–Kier alpha value is -5.23. The van der Waals surface area contributed by atoms with E-state index in [1.54, 1.807) is 41.3 Å². The van der Waals surface area contributed by atoms with Crippen LogP contribution in [0.4, 0.5) is 17.1 Å². The predicted molar refractivity (Wildman–Crippen MR) is 170 cm³/mol. The van der Waals surface area contributed by atoms with E-state index in [4.69, 9.17) is 4.99 Å². The van der Waals surface area contributed by atoms with Crippen molar-refractivity contribution < 1.29 is 9.59 Å².